The van der Waals surface area contributed by atoms with E-state index in [4.69, 9.17) is 17.3 Å². The maximum absolute atomic E-state index is 6.12. The molecule has 1 aliphatic rings. The van der Waals surface area contributed by atoms with Crippen LogP contribution in [0, 0.1) is 0 Å². The maximum atomic E-state index is 6.12. The summed E-state index contributed by atoms with van der Waals surface area (Å²) in [6, 6.07) is 10.7. The number of hydrogen-bond acceptors (Lipinski definition) is 3. The zero-order valence-electron chi connectivity index (χ0n) is 11.5. The standard InChI is InChI=1S/C16H15ClN4/c17-12-8-14-15(19-9-12)21(16(18)20-14)13-6-5-10-3-1-2-4-11(10)7-13/h1-4,8-9,13H,5-7H2,(H2,18,20). The Morgan fingerprint density at radius 3 is 2.90 bits per heavy atom. The third-order valence-electron chi connectivity index (χ3n) is 4.21. The Balaban J connectivity index is 1.79. The molecule has 2 aromatic heterocycles. The van der Waals surface area contributed by atoms with Crippen molar-refractivity contribution >= 4 is 28.7 Å². The third-order valence-corrected chi connectivity index (χ3v) is 4.42. The molecule has 21 heavy (non-hydrogen) atoms. The number of fused-ring (bicyclic) bond motifs is 2. The van der Waals surface area contributed by atoms with E-state index in [0.29, 0.717) is 17.0 Å². The Bertz CT molecular complexity index is 824. The number of aryl methyl sites for hydroxylation is 1. The number of hydrogen-bond donors (Lipinski definition) is 1. The zero-order valence-corrected chi connectivity index (χ0v) is 12.2. The normalized spacial score (nSPS) is 17.9. The third kappa shape index (κ3) is 2.07. The highest BCUT2D eigenvalue weighted by Crippen LogP contribution is 2.33. The predicted molar refractivity (Wildman–Crippen MR) is 84.5 cm³/mol. The van der Waals surface area contributed by atoms with Crippen molar-refractivity contribution in [1.29, 1.82) is 0 Å². The number of imidazole rings is 1. The lowest BCUT2D eigenvalue weighted by molar-refractivity contribution is 0.455. The molecule has 0 spiro atoms. The Morgan fingerprint density at radius 2 is 2.05 bits per heavy atom. The summed E-state index contributed by atoms with van der Waals surface area (Å²) in [5.74, 6) is 0.518. The molecule has 0 amide bonds. The van der Waals surface area contributed by atoms with E-state index in [1.54, 1.807) is 6.20 Å². The van der Waals surface area contributed by atoms with Crippen molar-refractivity contribution in [2.75, 3.05) is 5.73 Å². The van der Waals surface area contributed by atoms with Gasteiger partial charge in [0.2, 0.25) is 5.95 Å². The van der Waals surface area contributed by atoms with Gasteiger partial charge in [-0.2, -0.15) is 0 Å². The highest BCUT2D eigenvalue weighted by atomic mass is 35.5. The van der Waals surface area contributed by atoms with Crippen LogP contribution in [0.1, 0.15) is 23.6 Å². The number of nitrogens with zero attached hydrogens (tertiary/aromatic N) is 3. The number of nitrogen functional groups attached to an aromatic ring is 1. The maximum Gasteiger partial charge on any atom is 0.202 e. The fourth-order valence-electron chi connectivity index (χ4n) is 3.23. The van der Waals surface area contributed by atoms with E-state index in [-0.39, 0.29) is 0 Å². The van der Waals surface area contributed by atoms with E-state index >= 15 is 0 Å². The Kier molecular flexibility index (Phi) is 2.86. The molecule has 1 aliphatic carbocycles. The van der Waals surface area contributed by atoms with Gasteiger partial charge in [-0.15, -0.1) is 0 Å². The highest BCUT2D eigenvalue weighted by Gasteiger charge is 2.23. The number of benzene rings is 1. The summed E-state index contributed by atoms with van der Waals surface area (Å²) in [7, 11) is 0. The first-order valence-corrected chi connectivity index (χ1v) is 7.46. The first-order chi connectivity index (χ1) is 10.2. The lowest BCUT2D eigenvalue weighted by Crippen LogP contribution is -2.20. The van der Waals surface area contributed by atoms with E-state index in [1.807, 2.05) is 6.07 Å². The molecule has 0 bridgehead atoms. The topological polar surface area (TPSA) is 56.7 Å². The lowest BCUT2D eigenvalue weighted by Gasteiger charge is -2.26. The van der Waals surface area contributed by atoms with Gasteiger partial charge in [0.05, 0.1) is 5.02 Å². The molecule has 0 fully saturated rings. The molecular formula is C16H15ClN4. The summed E-state index contributed by atoms with van der Waals surface area (Å²) in [5, 5.41) is 0.584. The largest absolute Gasteiger partial charge is 0.369 e. The van der Waals surface area contributed by atoms with Gasteiger partial charge in [0.15, 0.2) is 5.65 Å². The van der Waals surface area contributed by atoms with Crippen LogP contribution in [0.5, 0.6) is 0 Å². The fraction of sp³-hybridized carbons (Fsp3) is 0.250. The molecule has 1 aromatic carbocycles. The molecule has 1 unspecified atom stereocenters. The van der Waals surface area contributed by atoms with Gasteiger partial charge in [-0.05, 0) is 36.5 Å². The van der Waals surface area contributed by atoms with Crippen molar-refractivity contribution in [3.05, 3.63) is 52.7 Å². The quantitative estimate of drug-likeness (QED) is 0.749. The summed E-state index contributed by atoms with van der Waals surface area (Å²) in [6.07, 6.45) is 4.74. The van der Waals surface area contributed by atoms with Crippen LogP contribution in [-0.2, 0) is 12.8 Å². The molecule has 2 N–H and O–H groups in total. The van der Waals surface area contributed by atoms with Crippen molar-refractivity contribution < 1.29 is 0 Å². The van der Waals surface area contributed by atoms with Gasteiger partial charge in [0, 0.05) is 12.2 Å². The Labute approximate surface area is 127 Å². The van der Waals surface area contributed by atoms with Crippen molar-refractivity contribution in [2.45, 2.75) is 25.3 Å². The zero-order chi connectivity index (χ0) is 14.4. The van der Waals surface area contributed by atoms with Gasteiger partial charge in [-0.3, -0.25) is 4.57 Å². The molecule has 2 heterocycles. The minimum atomic E-state index is 0.304. The summed E-state index contributed by atoms with van der Waals surface area (Å²) in [5.41, 5.74) is 10.5. The van der Waals surface area contributed by atoms with Gasteiger partial charge in [0.25, 0.3) is 0 Å². The fourth-order valence-corrected chi connectivity index (χ4v) is 3.39. The van der Waals surface area contributed by atoms with Crippen LogP contribution in [0.3, 0.4) is 0 Å². The van der Waals surface area contributed by atoms with Crippen LogP contribution in [0.4, 0.5) is 5.95 Å². The molecule has 106 valence electrons. The van der Waals surface area contributed by atoms with Crippen LogP contribution in [-0.4, -0.2) is 14.5 Å². The monoisotopic (exact) mass is 298 g/mol. The average Bonchev–Trinajstić information content (AvgIpc) is 2.81. The number of nitrogens with two attached hydrogens (primary N) is 1. The van der Waals surface area contributed by atoms with E-state index < -0.39 is 0 Å². The molecule has 0 saturated carbocycles. The van der Waals surface area contributed by atoms with Crippen LogP contribution in [0.2, 0.25) is 5.02 Å². The Hall–Kier alpha value is -2.07. The van der Waals surface area contributed by atoms with Crippen molar-refractivity contribution in [3.8, 4) is 0 Å². The van der Waals surface area contributed by atoms with Crippen LogP contribution < -0.4 is 5.73 Å². The second kappa shape index (κ2) is 4.74. The average molecular weight is 299 g/mol. The molecule has 1 atom stereocenters. The summed E-state index contributed by atoms with van der Waals surface area (Å²) in [4.78, 5) is 8.82. The smallest absolute Gasteiger partial charge is 0.202 e. The van der Waals surface area contributed by atoms with E-state index in [2.05, 4.69) is 38.8 Å². The number of halogens is 1. The van der Waals surface area contributed by atoms with Crippen LogP contribution in [0.25, 0.3) is 11.2 Å². The molecule has 4 rings (SSSR count). The molecule has 5 heteroatoms. The summed E-state index contributed by atoms with van der Waals surface area (Å²) >= 11 is 5.98. The predicted octanol–water partition coefficient (Wildman–Crippen LogP) is 3.40. The molecule has 4 nitrogen and oxygen atoms in total. The van der Waals surface area contributed by atoms with Gasteiger partial charge >= 0.3 is 0 Å². The molecule has 0 radical (unpaired) electrons. The second-order valence-electron chi connectivity index (χ2n) is 5.50. The minimum Gasteiger partial charge on any atom is -0.369 e. The summed E-state index contributed by atoms with van der Waals surface area (Å²) in [6.45, 7) is 0. The lowest BCUT2D eigenvalue weighted by atomic mass is 9.88. The summed E-state index contributed by atoms with van der Waals surface area (Å²) < 4.78 is 2.06. The van der Waals surface area contributed by atoms with Gasteiger partial charge < -0.3 is 5.73 Å². The van der Waals surface area contributed by atoms with Gasteiger partial charge in [-0.25, -0.2) is 9.97 Å². The molecule has 3 aromatic rings. The molecule has 0 saturated heterocycles. The van der Waals surface area contributed by atoms with Crippen LogP contribution >= 0.6 is 11.6 Å². The number of pyridine rings is 1. The van der Waals surface area contributed by atoms with E-state index in [0.717, 1.165) is 30.4 Å². The number of aromatic nitrogens is 3. The van der Waals surface area contributed by atoms with Crippen LogP contribution in [0.15, 0.2) is 36.5 Å². The van der Waals surface area contributed by atoms with E-state index in [1.165, 1.54) is 11.1 Å². The first-order valence-electron chi connectivity index (χ1n) is 7.08. The number of rotatable bonds is 1. The van der Waals surface area contributed by atoms with Crippen molar-refractivity contribution in [3.63, 3.8) is 0 Å². The number of anilines is 1. The first kappa shape index (κ1) is 12.7. The molecular weight excluding hydrogens is 284 g/mol. The minimum absolute atomic E-state index is 0.304. The van der Waals surface area contributed by atoms with Gasteiger partial charge in [0.1, 0.15) is 5.52 Å². The SMILES string of the molecule is Nc1nc2cc(Cl)cnc2n1C1CCc2ccccc2C1. The molecule has 0 aliphatic heterocycles. The van der Waals surface area contributed by atoms with Crippen molar-refractivity contribution in [1.82, 2.24) is 14.5 Å². The van der Waals surface area contributed by atoms with Crippen molar-refractivity contribution in [2.24, 2.45) is 0 Å². The second-order valence-corrected chi connectivity index (χ2v) is 5.94. The van der Waals surface area contributed by atoms with Gasteiger partial charge in [-0.1, -0.05) is 35.9 Å². The Morgan fingerprint density at radius 1 is 1.24 bits per heavy atom. The van der Waals surface area contributed by atoms with E-state index in [9.17, 15) is 0 Å². The highest BCUT2D eigenvalue weighted by molar-refractivity contribution is 6.31.